The second-order valence-corrected chi connectivity index (χ2v) is 7.37. The number of nitrogens with one attached hydrogen (secondary N) is 2. The first-order valence-electron chi connectivity index (χ1n) is 8.63. The van der Waals surface area contributed by atoms with E-state index in [1.807, 2.05) is 0 Å². The van der Waals surface area contributed by atoms with E-state index in [1.165, 1.54) is 11.1 Å². The number of nitrogens with zero attached hydrogens (tertiary/aromatic N) is 1. The highest BCUT2D eigenvalue weighted by Gasteiger charge is 2.44. The van der Waals surface area contributed by atoms with Crippen LogP contribution < -0.4 is 10.9 Å². The largest absolute Gasteiger partial charge is 0.417 e. The van der Waals surface area contributed by atoms with Crippen LogP contribution in [0.5, 0.6) is 0 Å². The Balaban J connectivity index is 1.63. The molecule has 154 valence electrons. The van der Waals surface area contributed by atoms with Gasteiger partial charge in [0.2, 0.25) is 0 Å². The Hall–Kier alpha value is -2.62. The van der Waals surface area contributed by atoms with Crippen LogP contribution >= 0.6 is 11.6 Å². The van der Waals surface area contributed by atoms with E-state index in [4.69, 9.17) is 11.6 Å². The van der Waals surface area contributed by atoms with Crippen molar-refractivity contribution in [3.8, 4) is 0 Å². The van der Waals surface area contributed by atoms with Gasteiger partial charge in [0.05, 0.1) is 22.3 Å². The molecule has 2 amide bonds. The minimum atomic E-state index is -4.84. The van der Waals surface area contributed by atoms with Crippen LogP contribution in [0.1, 0.15) is 35.6 Å². The minimum Gasteiger partial charge on any atom is -0.326 e. The number of hydrogen-bond acceptors (Lipinski definition) is 2. The predicted octanol–water partition coefficient (Wildman–Crippen LogP) is 4.62. The number of anilines is 1. The van der Waals surface area contributed by atoms with Crippen molar-refractivity contribution in [1.29, 1.82) is 0 Å². The van der Waals surface area contributed by atoms with Crippen molar-refractivity contribution in [1.82, 2.24) is 9.88 Å². The molecular formula is C18H13ClF5N3O2. The van der Waals surface area contributed by atoms with Crippen LogP contribution in [0.15, 0.2) is 23.1 Å². The average molecular weight is 434 g/mol. The summed E-state index contributed by atoms with van der Waals surface area (Å²) in [6.45, 7) is 0. The quantitative estimate of drug-likeness (QED) is 0.645. The molecule has 2 atom stereocenters. The number of carbonyl (C=O) groups excluding carboxylic acids is 1. The molecule has 1 aromatic heterocycles. The zero-order valence-corrected chi connectivity index (χ0v) is 15.3. The minimum absolute atomic E-state index is 0.116. The standard InChI is InChI=1S/C18H13ClF5N3O2/c19-11-5-13(12(20)4-10(11)18(22,23)24)26-17(29)27-7-1-2-14(27)9-6-25-16(28)15(21)8(9)3-7/h4-7,14H,1-3H2,(H,25,28)(H,26,29)/t7-,14+/m1/s1. The van der Waals surface area contributed by atoms with Gasteiger partial charge in [0.1, 0.15) is 5.82 Å². The lowest BCUT2D eigenvalue weighted by atomic mass is 9.95. The van der Waals surface area contributed by atoms with Crippen LogP contribution in [0.3, 0.4) is 0 Å². The van der Waals surface area contributed by atoms with Crippen LogP contribution in [0.4, 0.5) is 32.4 Å². The zero-order chi connectivity index (χ0) is 21.1. The molecule has 2 N–H and O–H groups in total. The zero-order valence-electron chi connectivity index (χ0n) is 14.5. The topological polar surface area (TPSA) is 65.2 Å². The highest BCUT2D eigenvalue weighted by molar-refractivity contribution is 6.31. The summed E-state index contributed by atoms with van der Waals surface area (Å²) in [6, 6.07) is -0.781. The number of amides is 2. The van der Waals surface area contributed by atoms with E-state index in [-0.39, 0.29) is 18.1 Å². The van der Waals surface area contributed by atoms with Crippen molar-refractivity contribution in [2.45, 2.75) is 37.5 Å². The molecule has 3 heterocycles. The van der Waals surface area contributed by atoms with E-state index in [2.05, 4.69) is 10.3 Å². The molecule has 0 saturated carbocycles. The molecule has 1 fully saturated rings. The number of alkyl halides is 3. The number of hydrogen-bond donors (Lipinski definition) is 2. The third-order valence-corrected chi connectivity index (χ3v) is 5.62. The Bertz CT molecular complexity index is 1070. The Labute approximate surface area is 165 Å². The van der Waals surface area contributed by atoms with Crippen LogP contribution in [0, 0.1) is 11.6 Å². The number of H-pyrrole nitrogens is 1. The normalized spacial score (nSPS) is 20.6. The van der Waals surface area contributed by atoms with Gasteiger partial charge in [0.25, 0.3) is 5.56 Å². The monoisotopic (exact) mass is 433 g/mol. The number of fused-ring (bicyclic) bond motifs is 4. The molecule has 29 heavy (non-hydrogen) atoms. The second-order valence-electron chi connectivity index (χ2n) is 6.96. The fourth-order valence-electron chi connectivity index (χ4n) is 4.03. The fraction of sp³-hybridized carbons (Fsp3) is 0.333. The highest BCUT2D eigenvalue weighted by Crippen LogP contribution is 2.44. The van der Waals surface area contributed by atoms with Crippen molar-refractivity contribution in [2.75, 3.05) is 5.32 Å². The summed E-state index contributed by atoms with van der Waals surface area (Å²) >= 11 is 5.60. The van der Waals surface area contributed by atoms with Gasteiger partial charge in [0, 0.05) is 17.8 Å². The molecule has 2 aliphatic heterocycles. The number of benzene rings is 1. The lowest BCUT2D eigenvalue weighted by Crippen LogP contribution is -2.45. The third kappa shape index (κ3) is 3.25. The maximum atomic E-state index is 14.2. The van der Waals surface area contributed by atoms with Crippen molar-refractivity contribution in [3.63, 3.8) is 0 Å². The van der Waals surface area contributed by atoms with Crippen molar-refractivity contribution in [3.05, 3.63) is 62.0 Å². The molecule has 0 aliphatic carbocycles. The Morgan fingerprint density at radius 1 is 1.24 bits per heavy atom. The van der Waals surface area contributed by atoms with Gasteiger partial charge in [-0.05, 0) is 37.0 Å². The summed E-state index contributed by atoms with van der Waals surface area (Å²) < 4.78 is 66.8. The molecule has 1 saturated heterocycles. The number of pyridine rings is 1. The van der Waals surface area contributed by atoms with Crippen molar-refractivity contribution >= 4 is 23.3 Å². The van der Waals surface area contributed by atoms with E-state index in [1.54, 1.807) is 0 Å². The van der Waals surface area contributed by atoms with Gasteiger partial charge in [-0.15, -0.1) is 0 Å². The summed E-state index contributed by atoms with van der Waals surface area (Å²) in [7, 11) is 0. The summed E-state index contributed by atoms with van der Waals surface area (Å²) in [5.41, 5.74) is -1.99. The van der Waals surface area contributed by atoms with Gasteiger partial charge < -0.3 is 15.2 Å². The fourth-order valence-corrected chi connectivity index (χ4v) is 4.30. The first-order valence-corrected chi connectivity index (χ1v) is 9.01. The number of aromatic amines is 1. The Kier molecular flexibility index (Phi) is 4.56. The number of aromatic nitrogens is 1. The van der Waals surface area contributed by atoms with Gasteiger partial charge in [0.15, 0.2) is 5.82 Å². The van der Waals surface area contributed by atoms with Crippen LogP contribution in [0.2, 0.25) is 5.02 Å². The molecule has 5 nitrogen and oxygen atoms in total. The molecule has 0 radical (unpaired) electrons. The van der Waals surface area contributed by atoms with Crippen molar-refractivity contribution in [2.24, 2.45) is 0 Å². The predicted molar refractivity (Wildman–Crippen MR) is 93.8 cm³/mol. The van der Waals surface area contributed by atoms with Crippen LogP contribution in [-0.4, -0.2) is 22.0 Å². The van der Waals surface area contributed by atoms with E-state index in [0.717, 1.165) is 0 Å². The number of rotatable bonds is 1. The first-order chi connectivity index (χ1) is 13.6. The summed E-state index contributed by atoms with van der Waals surface area (Å²) in [6.07, 6.45) is -2.32. The summed E-state index contributed by atoms with van der Waals surface area (Å²) in [5.74, 6) is -2.17. The molecule has 2 bridgehead atoms. The maximum absolute atomic E-state index is 14.2. The maximum Gasteiger partial charge on any atom is 0.417 e. The molecule has 2 aromatic rings. The van der Waals surface area contributed by atoms with E-state index < -0.39 is 57.8 Å². The molecule has 0 unspecified atom stereocenters. The second kappa shape index (κ2) is 6.72. The lowest BCUT2D eigenvalue weighted by molar-refractivity contribution is -0.137. The SMILES string of the molecule is O=C(Nc1cc(Cl)c(C(F)(F)F)cc1F)N1[C@@H]2CC[C@H]1c1c[nH]c(=O)c(F)c1C2. The smallest absolute Gasteiger partial charge is 0.326 e. The molecule has 4 rings (SSSR count). The molecule has 1 aromatic carbocycles. The first kappa shape index (κ1) is 19.7. The molecule has 11 heteroatoms. The lowest BCUT2D eigenvalue weighted by Gasteiger charge is -2.36. The highest BCUT2D eigenvalue weighted by atomic mass is 35.5. The van der Waals surface area contributed by atoms with Gasteiger partial charge in [-0.3, -0.25) is 4.79 Å². The molecular weight excluding hydrogens is 421 g/mol. The number of carbonyl (C=O) groups is 1. The van der Waals surface area contributed by atoms with Gasteiger partial charge in [-0.2, -0.15) is 13.2 Å². The van der Waals surface area contributed by atoms with E-state index in [9.17, 15) is 31.5 Å². The number of halogens is 6. The number of urea groups is 1. The van der Waals surface area contributed by atoms with Crippen LogP contribution in [-0.2, 0) is 12.6 Å². The average Bonchev–Trinajstić information content (AvgIpc) is 2.95. The van der Waals surface area contributed by atoms with E-state index in [0.29, 0.717) is 24.5 Å². The van der Waals surface area contributed by atoms with E-state index >= 15 is 0 Å². The Morgan fingerprint density at radius 2 is 1.97 bits per heavy atom. The Morgan fingerprint density at radius 3 is 2.66 bits per heavy atom. The molecule has 2 aliphatic rings. The van der Waals surface area contributed by atoms with Crippen molar-refractivity contribution < 1.29 is 26.7 Å². The van der Waals surface area contributed by atoms with Gasteiger partial charge >= 0.3 is 12.2 Å². The van der Waals surface area contributed by atoms with Crippen LogP contribution in [0.25, 0.3) is 0 Å². The molecule has 0 spiro atoms. The summed E-state index contributed by atoms with van der Waals surface area (Å²) in [4.78, 5) is 27.9. The third-order valence-electron chi connectivity index (χ3n) is 5.31. The van der Waals surface area contributed by atoms with Gasteiger partial charge in [-0.25, -0.2) is 13.6 Å². The summed E-state index contributed by atoms with van der Waals surface area (Å²) in [5, 5.41) is 1.50. The van der Waals surface area contributed by atoms with Gasteiger partial charge in [-0.1, -0.05) is 11.6 Å².